The van der Waals surface area contributed by atoms with Gasteiger partial charge >= 0.3 is 0 Å². The van der Waals surface area contributed by atoms with E-state index in [4.69, 9.17) is 16.3 Å². The Morgan fingerprint density at radius 2 is 2.31 bits per heavy atom. The van der Waals surface area contributed by atoms with Crippen LogP contribution in [0.3, 0.4) is 0 Å². The topological polar surface area (TPSA) is 35.0 Å². The van der Waals surface area contributed by atoms with Crippen LogP contribution in [0.25, 0.3) is 0 Å². The molecule has 0 N–H and O–H groups in total. The third-order valence-electron chi connectivity index (χ3n) is 2.13. The molecule has 0 saturated heterocycles. The van der Waals surface area contributed by atoms with Crippen LogP contribution in [-0.4, -0.2) is 16.6 Å². The molecule has 0 spiro atoms. The lowest BCUT2D eigenvalue weighted by atomic mass is 10.4. The molecule has 1 aromatic rings. The molecule has 13 heavy (non-hydrogen) atoms. The molecule has 0 unspecified atom stereocenters. The molecule has 1 aliphatic carbocycles. The number of rotatable bonds is 3. The van der Waals surface area contributed by atoms with Crippen LogP contribution in [0.4, 0.5) is 0 Å². The van der Waals surface area contributed by atoms with E-state index in [1.165, 1.54) is 19.2 Å². The van der Waals surface area contributed by atoms with Crippen LogP contribution in [-0.2, 0) is 0 Å². The van der Waals surface area contributed by atoms with Crippen LogP contribution in [0, 0.1) is 12.8 Å². The van der Waals surface area contributed by atoms with Crippen LogP contribution in [0.2, 0.25) is 5.15 Å². The minimum atomic E-state index is 0.473. The first kappa shape index (κ1) is 8.75. The highest BCUT2D eigenvalue weighted by Crippen LogP contribution is 2.30. The molecule has 2 rings (SSSR count). The maximum absolute atomic E-state index is 5.81. The lowest BCUT2D eigenvalue weighted by Gasteiger charge is -2.06. The number of ether oxygens (including phenoxy) is 1. The van der Waals surface area contributed by atoms with Crippen molar-refractivity contribution in [2.45, 2.75) is 19.8 Å². The van der Waals surface area contributed by atoms with Gasteiger partial charge in [-0.05, 0) is 25.7 Å². The van der Waals surface area contributed by atoms with Gasteiger partial charge in [0.15, 0.2) is 0 Å². The summed E-state index contributed by atoms with van der Waals surface area (Å²) in [5.74, 6) is 1.35. The Kier molecular flexibility index (Phi) is 2.36. The summed E-state index contributed by atoms with van der Waals surface area (Å²) in [6.45, 7) is 2.62. The molecule has 1 fully saturated rings. The highest BCUT2D eigenvalue weighted by molar-refractivity contribution is 6.30. The number of halogens is 1. The van der Waals surface area contributed by atoms with Crippen LogP contribution in [0.1, 0.15) is 18.4 Å². The Bertz CT molecular complexity index is 312. The number of nitrogens with zero attached hydrogens (tertiary/aromatic N) is 2. The van der Waals surface area contributed by atoms with Gasteiger partial charge in [-0.3, -0.25) is 0 Å². The molecule has 0 amide bonds. The van der Waals surface area contributed by atoms with Gasteiger partial charge in [0.05, 0.1) is 6.61 Å². The smallest absolute Gasteiger partial charge is 0.220 e. The van der Waals surface area contributed by atoms with E-state index in [0.717, 1.165) is 18.1 Å². The van der Waals surface area contributed by atoms with Crippen molar-refractivity contribution in [3.8, 4) is 5.88 Å². The van der Waals surface area contributed by atoms with Gasteiger partial charge in [0, 0.05) is 5.56 Å². The number of hydrogen-bond acceptors (Lipinski definition) is 3. The summed E-state index contributed by atoms with van der Waals surface area (Å²) < 4.78 is 5.51. The van der Waals surface area contributed by atoms with E-state index in [9.17, 15) is 0 Å². The first-order chi connectivity index (χ1) is 6.27. The van der Waals surface area contributed by atoms with Crippen molar-refractivity contribution < 1.29 is 4.74 Å². The molecule has 70 valence electrons. The zero-order chi connectivity index (χ0) is 9.26. The lowest BCUT2D eigenvalue weighted by molar-refractivity contribution is 0.286. The zero-order valence-corrected chi connectivity index (χ0v) is 8.21. The summed E-state index contributed by atoms with van der Waals surface area (Å²) in [6.07, 6.45) is 3.98. The Hall–Kier alpha value is -0.830. The van der Waals surface area contributed by atoms with Gasteiger partial charge in [0.1, 0.15) is 11.5 Å². The third-order valence-corrected chi connectivity index (χ3v) is 2.51. The summed E-state index contributed by atoms with van der Waals surface area (Å²) in [7, 11) is 0. The highest BCUT2D eigenvalue weighted by Gasteiger charge is 2.22. The second-order valence-electron chi connectivity index (χ2n) is 3.35. The summed E-state index contributed by atoms with van der Waals surface area (Å²) >= 11 is 5.81. The van der Waals surface area contributed by atoms with Crippen molar-refractivity contribution in [2.75, 3.05) is 6.61 Å². The Morgan fingerprint density at radius 3 is 3.00 bits per heavy atom. The minimum absolute atomic E-state index is 0.473. The molecule has 0 atom stereocenters. The van der Waals surface area contributed by atoms with Crippen LogP contribution in [0.15, 0.2) is 6.33 Å². The van der Waals surface area contributed by atoms with Gasteiger partial charge in [-0.2, -0.15) is 0 Å². The van der Waals surface area contributed by atoms with E-state index in [2.05, 4.69) is 9.97 Å². The predicted molar refractivity (Wildman–Crippen MR) is 50.0 cm³/mol. The first-order valence-corrected chi connectivity index (χ1v) is 4.75. The van der Waals surface area contributed by atoms with Crippen molar-refractivity contribution >= 4 is 11.6 Å². The fourth-order valence-electron chi connectivity index (χ4n) is 1.04. The van der Waals surface area contributed by atoms with Crippen molar-refractivity contribution in [1.29, 1.82) is 0 Å². The van der Waals surface area contributed by atoms with Crippen LogP contribution < -0.4 is 4.74 Å². The van der Waals surface area contributed by atoms with E-state index >= 15 is 0 Å². The Balaban J connectivity index is 2.05. The standard InChI is InChI=1S/C9H11ClN2O/c1-6-8(10)11-5-12-9(6)13-4-7-2-3-7/h5,7H,2-4H2,1H3. The first-order valence-electron chi connectivity index (χ1n) is 4.37. The quantitative estimate of drug-likeness (QED) is 0.699. The van der Waals surface area contributed by atoms with Gasteiger partial charge in [-0.15, -0.1) is 0 Å². The summed E-state index contributed by atoms with van der Waals surface area (Å²) in [5.41, 5.74) is 0.824. The normalized spacial score (nSPS) is 15.8. The van der Waals surface area contributed by atoms with E-state index < -0.39 is 0 Å². The molecular weight excluding hydrogens is 188 g/mol. The van der Waals surface area contributed by atoms with Crippen molar-refractivity contribution in [1.82, 2.24) is 9.97 Å². The summed E-state index contributed by atoms with van der Waals surface area (Å²) in [4.78, 5) is 7.88. The largest absolute Gasteiger partial charge is 0.477 e. The van der Waals surface area contributed by atoms with Gasteiger partial charge in [0.25, 0.3) is 0 Å². The zero-order valence-electron chi connectivity index (χ0n) is 7.46. The van der Waals surface area contributed by atoms with E-state index in [-0.39, 0.29) is 0 Å². The molecule has 4 heteroatoms. The summed E-state index contributed by atoms with van der Waals surface area (Å²) in [6, 6.07) is 0. The minimum Gasteiger partial charge on any atom is -0.477 e. The van der Waals surface area contributed by atoms with Crippen LogP contribution >= 0.6 is 11.6 Å². The second kappa shape index (κ2) is 3.50. The van der Waals surface area contributed by atoms with Crippen LogP contribution in [0.5, 0.6) is 5.88 Å². The molecule has 0 radical (unpaired) electrons. The van der Waals surface area contributed by atoms with E-state index in [1.54, 1.807) is 0 Å². The average Bonchev–Trinajstić information content (AvgIpc) is 2.91. The molecule has 1 aromatic heterocycles. The fourth-order valence-corrected chi connectivity index (χ4v) is 1.17. The van der Waals surface area contributed by atoms with Crippen molar-refractivity contribution in [3.63, 3.8) is 0 Å². The molecule has 0 bridgehead atoms. The average molecular weight is 199 g/mol. The summed E-state index contributed by atoms with van der Waals surface area (Å²) in [5, 5.41) is 0.473. The second-order valence-corrected chi connectivity index (χ2v) is 3.71. The maximum Gasteiger partial charge on any atom is 0.220 e. The molecule has 1 heterocycles. The van der Waals surface area contributed by atoms with E-state index in [1.807, 2.05) is 6.92 Å². The van der Waals surface area contributed by atoms with Crippen molar-refractivity contribution in [3.05, 3.63) is 17.0 Å². The van der Waals surface area contributed by atoms with E-state index in [0.29, 0.717) is 11.0 Å². The third kappa shape index (κ3) is 2.10. The van der Waals surface area contributed by atoms with Gasteiger partial charge in [-0.25, -0.2) is 9.97 Å². The lowest BCUT2D eigenvalue weighted by Crippen LogP contribution is -2.03. The molecular formula is C9H11ClN2O. The van der Waals surface area contributed by atoms with Crippen molar-refractivity contribution in [2.24, 2.45) is 5.92 Å². The molecule has 3 nitrogen and oxygen atoms in total. The fraction of sp³-hybridized carbons (Fsp3) is 0.556. The number of aromatic nitrogens is 2. The van der Waals surface area contributed by atoms with Gasteiger partial charge in [-0.1, -0.05) is 11.6 Å². The maximum atomic E-state index is 5.81. The van der Waals surface area contributed by atoms with Gasteiger partial charge in [0.2, 0.25) is 5.88 Å². The Morgan fingerprint density at radius 1 is 1.54 bits per heavy atom. The SMILES string of the molecule is Cc1c(Cl)ncnc1OCC1CC1. The molecule has 1 aliphatic rings. The monoisotopic (exact) mass is 198 g/mol. The Labute approximate surface area is 82.1 Å². The van der Waals surface area contributed by atoms with Gasteiger partial charge < -0.3 is 4.74 Å². The predicted octanol–water partition coefficient (Wildman–Crippen LogP) is 2.23. The molecule has 0 aliphatic heterocycles. The molecule has 1 saturated carbocycles. The number of hydrogen-bond donors (Lipinski definition) is 0. The molecule has 0 aromatic carbocycles. The highest BCUT2D eigenvalue weighted by atomic mass is 35.5.